The Morgan fingerprint density at radius 2 is 1.70 bits per heavy atom. The first-order valence-electron chi connectivity index (χ1n) is 11.7. The van der Waals surface area contributed by atoms with Crippen LogP contribution in [0.5, 0.6) is 5.75 Å². The highest BCUT2D eigenvalue weighted by Gasteiger charge is 2.25. The van der Waals surface area contributed by atoms with Crippen LogP contribution in [0.2, 0.25) is 0 Å². The number of nitrogens with one attached hydrogen (secondary N) is 1. The zero-order valence-corrected chi connectivity index (χ0v) is 21.7. The van der Waals surface area contributed by atoms with Crippen molar-refractivity contribution >= 4 is 39.4 Å². The third-order valence-electron chi connectivity index (χ3n) is 5.90. The number of phenols is 1. The normalized spacial score (nSPS) is 11.9. The lowest BCUT2D eigenvalue weighted by Gasteiger charge is -2.21. The van der Waals surface area contributed by atoms with Crippen LogP contribution in [-0.2, 0) is 16.7 Å². The summed E-state index contributed by atoms with van der Waals surface area (Å²) >= 11 is 0. The Morgan fingerprint density at radius 3 is 2.30 bits per heavy atom. The Kier molecular flexibility index (Phi) is 7.93. The van der Waals surface area contributed by atoms with Gasteiger partial charge in [0.2, 0.25) is 5.95 Å². The van der Waals surface area contributed by atoms with E-state index in [0.717, 1.165) is 28.8 Å². The van der Waals surface area contributed by atoms with E-state index in [9.17, 15) is 38.1 Å². The first kappa shape index (κ1) is 27.9. The van der Waals surface area contributed by atoms with E-state index in [0.29, 0.717) is 10.7 Å². The van der Waals surface area contributed by atoms with E-state index in [1.165, 1.54) is 36.5 Å². The predicted molar refractivity (Wildman–Crippen MR) is 145 cm³/mol. The number of anilines is 3. The molecule has 0 aliphatic rings. The molecule has 13 nitrogen and oxygen atoms in total. The Hall–Kier alpha value is -5.08. The molecular weight excluding hydrogens is 542 g/mol. The number of nitrogens with zero attached hydrogens (tertiary/aromatic N) is 4. The number of carboxylic acids is 1. The number of nitro groups is 1. The number of benzene rings is 3. The number of nitro benzene ring substituents is 1. The molecule has 0 radical (unpaired) electrons. The predicted octanol–water partition coefficient (Wildman–Crippen LogP) is 4.49. The van der Waals surface area contributed by atoms with Crippen molar-refractivity contribution in [3.63, 3.8) is 0 Å². The van der Waals surface area contributed by atoms with Crippen molar-refractivity contribution in [1.29, 1.82) is 0 Å². The molecular formula is C26H23N5O8S. The molecule has 0 spiro atoms. The van der Waals surface area contributed by atoms with Gasteiger partial charge in [-0.25, -0.2) is 9.78 Å². The number of hydrogen-bond acceptors (Lipinski definition) is 9. The number of aromatic hydroxyl groups is 1. The van der Waals surface area contributed by atoms with Crippen molar-refractivity contribution in [3.05, 3.63) is 111 Å². The maximum absolute atomic E-state index is 12.2. The molecule has 0 aliphatic carbocycles. The first-order valence-corrected chi connectivity index (χ1v) is 13.1. The monoisotopic (exact) mass is 565 g/mol. The maximum Gasteiger partial charge on any atom is 0.365 e. The number of hydrogen-bond donors (Lipinski definition) is 4. The van der Waals surface area contributed by atoms with Crippen molar-refractivity contribution in [2.45, 2.75) is 19.4 Å². The van der Waals surface area contributed by atoms with Crippen LogP contribution in [0.15, 0.2) is 79.0 Å². The second-order valence-corrected chi connectivity index (χ2v) is 9.96. The van der Waals surface area contributed by atoms with Crippen molar-refractivity contribution < 1.29 is 32.9 Å². The van der Waals surface area contributed by atoms with Crippen molar-refractivity contribution in [2.75, 3.05) is 9.62 Å². The van der Waals surface area contributed by atoms with Crippen LogP contribution in [0.4, 0.5) is 23.1 Å². The van der Waals surface area contributed by atoms with Gasteiger partial charge in [0.05, 0.1) is 16.7 Å². The second-order valence-electron chi connectivity index (χ2n) is 8.70. The molecule has 14 heteroatoms. The molecule has 1 heterocycles. The van der Waals surface area contributed by atoms with E-state index >= 15 is 0 Å². The van der Waals surface area contributed by atoms with Gasteiger partial charge in [-0.1, -0.05) is 30.3 Å². The van der Waals surface area contributed by atoms with Crippen LogP contribution in [0.1, 0.15) is 40.0 Å². The number of carboxylic acid groups (broad SMARTS) is 1. The summed E-state index contributed by atoms with van der Waals surface area (Å²) in [4.78, 5) is 29.9. The highest BCUT2D eigenvalue weighted by Crippen LogP contribution is 2.29. The largest absolute Gasteiger partial charge is 0.507 e. The van der Waals surface area contributed by atoms with E-state index in [1.807, 2.05) is 31.2 Å². The van der Waals surface area contributed by atoms with E-state index in [2.05, 4.69) is 15.3 Å². The molecule has 0 unspecified atom stereocenters. The summed E-state index contributed by atoms with van der Waals surface area (Å²) in [6.07, 6.45) is 1.75. The van der Waals surface area contributed by atoms with Crippen molar-refractivity contribution in [1.82, 2.24) is 9.97 Å². The second kappa shape index (κ2) is 11.3. The smallest absolute Gasteiger partial charge is 0.365 e. The van der Waals surface area contributed by atoms with E-state index in [1.54, 1.807) is 6.07 Å². The summed E-state index contributed by atoms with van der Waals surface area (Å²) < 4.78 is 34.7. The summed E-state index contributed by atoms with van der Waals surface area (Å²) in [5, 5.41) is 32.9. The van der Waals surface area contributed by atoms with E-state index in [4.69, 9.17) is 0 Å². The van der Waals surface area contributed by atoms with Crippen molar-refractivity contribution in [3.8, 4) is 5.75 Å². The molecule has 4 rings (SSSR count). The third-order valence-corrected chi connectivity index (χ3v) is 6.76. The van der Waals surface area contributed by atoms with Gasteiger partial charge in [-0.2, -0.15) is 17.7 Å². The number of rotatable bonds is 10. The minimum Gasteiger partial charge on any atom is -0.507 e. The van der Waals surface area contributed by atoms with Gasteiger partial charge < -0.3 is 15.5 Å². The van der Waals surface area contributed by atoms with E-state index in [-0.39, 0.29) is 40.5 Å². The summed E-state index contributed by atoms with van der Waals surface area (Å²) in [6, 6.07) is 17.4. The third kappa shape index (κ3) is 6.48. The molecule has 4 aromatic rings. The molecule has 1 atom stereocenters. The highest BCUT2D eigenvalue weighted by atomic mass is 32.2. The number of non-ortho nitro benzene ring substituents is 1. The molecule has 0 aliphatic heterocycles. The van der Waals surface area contributed by atoms with Gasteiger partial charge in [0.15, 0.2) is 5.82 Å². The minimum absolute atomic E-state index is 0.0644. The van der Waals surface area contributed by atoms with Gasteiger partial charge in [-0.15, -0.1) is 0 Å². The molecule has 4 N–H and O–H groups in total. The first-order chi connectivity index (χ1) is 18.9. The average molecular weight is 566 g/mol. The number of aromatic nitrogens is 2. The summed E-state index contributed by atoms with van der Waals surface area (Å²) in [6.45, 7) is 1.83. The molecule has 206 valence electrons. The minimum atomic E-state index is -4.84. The molecule has 0 saturated heterocycles. The lowest BCUT2D eigenvalue weighted by atomic mass is 10.00. The van der Waals surface area contributed by atoms with Gasteiger partial charge in [0, 0.05) is 24.4 Å². The lowest BCUT2D eigenvalue weighted by Crippen LogP contribution is -2.26. The SMILES string of the molecule is C[C@H](Nc1nccc(N(c2ccc([N+](=O)[O-])cc2)S(=O)(=O)O)n1)c1ccc(Cc2ccc(O)c(C(=O)O)c2)cc1. The van der Waals surface area contributed by atoms with Gasteiger partial charge >= 0.3 is 16.3 Å². The van der Waals surface area contributed by atoms with Gasteiger partial charge in [-0.3, -0.25) is 14.7 Å². The van der Waals surface area contributed by atoms with Crippen LogP contribution in [0.25, 0.3) is 0 Å². The zero-order chi connectivity index (χ0) is 29.0. The molecule has 1 aromatic heterocycles. The topological polar surface area (TPSA) is 196 Å². The fourth-order valence-corrected chi connectivity index (χ4v) is 4.65. The van der Waals surface area contributed by atoms with Crippen LogP contribution >= 0.6 is 0 Å². The molecule has 0 bridgehead atoms. The zero-order valence-electron chi connectivity index (χ0n) is 20.9. The van der Waals surface area contributed by atoms with Crippen LogP contribution in [0, 0.1) is 10.1 Å². The van der Waals surface area contributed by atoms with E-state index < -0.39 is 21.2 Å². The molecule has 3 aromatic carbocycles. The molecule has 0 amide bonds. The Bertz CT molecular complexity index is 1660. The average Bonchev–Trinajstić information content (AvgIpc) is 2.90. The van der Waals surface area contributed by atoms with Gasteiger partial charge in [-0.05, 0) is 54.3 Å². The molecule has 0 saturated carbocycles. The number of aromatic carboxylic acids is 1. The van der Waals surface area contributed by atoms with Crippen LogP contribution in [-0.4, -0.2) is 44.0 Å². The molecule has 0 fully saturated rings. The quantitative estimate of drug-likeness (QED) is 0.120. The van der Waals surface area contributed by atoms with Crippen molar-refractivity contribution in [2.24, 2.45) is 0 Å². The van der Waals surface area contributed by atoms with Gasteiger partial charge in [0.1, 0.15) is 11.3 Å². The summed E-state index contributed by atoms with van der Waals surface area (Å²) in [5.41, 5.74) is 1.98. The van der Waals surface area contributed by atoms with Gasteiger partial charge in [0.25, 0.3) is 5.69 Å². The lowest BCUT2D eigenvalue weighted by molar-refractivity contribution is -0.384. The summed E-state index contributed by atoms with van der Waals surface area (Å²) in [7, 11) is -4.84. The Labute approximate surface area is 228 Å². The Morgan fingerprint density at radius 1 is 1.05 bits per heavy atom. The van der Waals surface area contributed by atoms with Crippen LogP contribution < -0.4 is 9.62 Å². The standard InChI is InChI=1S/C26H23N5O8S/c1-16(19-5-2-17(3-6-19)14-18-4-11-23(32)22(15-18)25(33)34)28-26-27-13-12-24(29-26)30(40(37,38)39)20-7-9-21(10-8-20)31(35)36/h2-13,15-16,32H,14H2,1H3,(H,33,34)(H,27,28,29)(H,37,38,39)/t16-/m0/s1. The highest BCUT2D eigenvalue weighted by molar-refractivity contribution is 7.87. The molecule has 40 heavy (non-hydrogen) atoms. The maximum atomic E-state index is 12.2. The fraction of sp³-hybridized carbons (Fsp3) is 0.115. The summed E-state index contributed by atoms with van der Waals surface area (Å²) in [5.74, 6) is -1.64. The fourth-order valence-electron chi connectivity index (χ4n) is 3.93. The Balaban J connectivity index is 1.50. The number of carbonyl (C=O) groups is 1. The van der Waals surface area contributed by atoms with Crippen LogP contribution in [0.3, 0.4) is 0 Å².